The minimum absolute atomic E-state index is 0.118. The fraction of sp³-hybridized carbons (Fsp3) is 0.190. The molecule has 0 spiro atoms. The van der Waals surface area contributed by atoms with E-state index in [2.05, 4.69) is 55.4 Å². The molecule has 2 aromatic carbocycles. The molecule has 30 heavy (non-hydrogen) atoms. The van der Waals surface area contributed by atoms with E-state index in [1.54, 1.807) is 6.92 Å². The highest BCUT2D eigenvalue weighted by Crippen LogP contribution is 2.52. The molecular formula is C21H18N6O3. The Balaban J connectivity index is 1.40. The van der Waals surface area contributed by atoms with Crippen LogP contribution in [0.25, 0.3) is 22.5 Å². The standard InChI is InChI=1S/C21H18N6O3/c1-12-17(22-20(28)29)18(30-25-12)15-4-2-13(3-5-15)14-6-8-16(9-7-14)21(10-11-21)19-23-26-27-24-19/h2-9,22H,10-11H2,1H3,(H,28,29)(H,23,24,26,27). The highest BCUT2D eigenvalue weighted by Gasteiger charge is 2.49. The molecule has 9 heteroatoms. The highest BCUT2D eigenvalue weighted by molar-refractivity contribution is 5.89. The van der Waals surface area contributed by atoms with E-state index in [4.69, 9.17) is 9.63 Å². The molecule has 0 atom stereocenters. The van der Waals surface area contributed by atoms with Crippen LogP contribution in [-0.4, -0.2) is 37.0 Å². The molecule has 1 amide bonds. The second-order valence-electron chi connectivity index (χ2n) is 7.37. The van der Waals surface area contributed by atoms with Crippen molar-refractivity contribution in [2.45, 2.75) is 25.2 Å². The number of aryl methyl sites for hydroxylation is 1. The Kier molecular flexibility index (Phi) is 4.09. The Hall–Kier alpha value is -4.01. The van der Waals surface area contributed by atoms with E-state index in [-0.39, 0.29) is 5.41 Å². The first-order valence-corrected chi connectivity index (χ1v) is 9.48. The van der Waals surface area contributed by atoms with E-state index >= 15 is 0 Å². The van der Waals surface area contributed by atoms with Crippen molar-refractivity contribution in [2.24, 2.45) is 0 Å². The molecule has 150 valence electrons. The van der Waals surface area contributed by atoms with E-state index in [0.717, 1.165) is 35.4 Å². The zero-order valence-corrected chi connectivity index (χ0v) is 16.1. The molecule has 3 N–H and O–H groups in total. The summed E-state index contributed by atoms with van der Waals surface area (Å²) < 4.78 is 5.33. The Bertz CT molecular complexity index is 1190. The first-order chi connectivity index (χ1) is 14.6. The lowest BCUT2D eigenvalue weighted by Crippen LogP contribution is -2.10. The van der Waals surface area contributed by atoms with Gasteiger partial charge < -0.3 is 9.63 Å². The van der Waals surface area contributed by atoms with Crippen LogP contribution in [0.15, 0.2) is 53.1 Å². The van der Waals surface area contributed by atoms with Crippen LogP contribution in [0.2, 0.25) is 0 Å². The predicted octanol–water partition coefficient (Wildman–Crippen LogP) is 4.00. The predicted molar refractivity (Wildman–Crippen MR) is 108 cm³/mol. The van der Waals surface area contributed by atoms with Gasteiger partial charge in [-0.05, 0) is 36.5 Å². The van der Waals surface area contributed by atoms with Crippen molar-refractivity contribution in [3.63, 3.8) is 0 Å². The zero-order valence-electron chi connectivity index (χ0n) is 16.1. The molecule has 1 aliphatic rings. The van der Waals surface area contributed by atoms with Crippen molar-refractivity contribution in [2.75, 3.05) is 5.32 Å². The maximum absolute atomic E-state index is 11.0. The van der Waals surface area contributed by atoms with Crippen molar-refractivity contribution >= 4 is 11.8 Å². The van der Waals surface area contributed by atoms with Gasteiger partial charge in [0.15, 0.2) is 11.6 Å². The molecule has 1 aliphatic carbocycles. The number of aromatic nitrogens is 5. The summed E-state index contributed by atoms with van der Waals surface area (Å²) in [4.78, 5) is 11.0. The van der Waals surface area contributed by atoms with Gasteiger partial charge in [0, 0.05) is 5.56 Å². The summed E-state index contributed by atoms with van der Waals surface area (Å²) in [5.74, 6) is 1.14. The summed E-state index contributed by atoms with van der Waals surface area (Å²) >= 11 is 0. The van der Waals surface area contributed by atoms with Gasteiger partial charge in [-0.3, -0.25) is 5.32 Å². The summed E-state index contributed by atoms with van der Waals surface area (Å²) in [5, 5.41) is 29.8. The first kappa shape index (κ1) is 18.0. The molecule has 0 bridgehead atoms. The highest BCUT2D eigenvalue weighted by atomic mass is 16.5. The number of tetrazole rings is 1. The van der Waals surface area contributed by atoms with Crippen LogP contribution in [0.3, 0.4) is 0 Å². The summed E-state index contributed by atoms with van der Waals surface area (Å²) in [6, 6.07) is 16.1. The van der Waals surface area contributed by atoms with Crippen molar-refractivity contribution in [3.05, 3.63) is 65.6 Å². The Morgan fingerprint density at radius 1 is 1.07 bits per heavy atom. The Morgan fingerprint density at radius 3 is 2.27 bits per heavy atom. The van der Waals surface area contributed by atoms with Crippen molar-refractivity contribution < 1.29 is 14.4 Å². The summed E-state index contributed by atoms with van der Waals surface area (Å²) in [7, 11) is 0. The maximum atomic E-state index is 11.0. The van der Waals surface area contributed by atoms with Gasteiger partial charge in [0.1, 0.15) is 11.4 Å². The van der Waals surface area contributed by atoms with Crippen molar-refractivity contribution in [1.29, 1.82) is 0 Å². The first-order valence-electron chi connectivity index (χ1n) is 9.48. The minimum Gasteiger partial charge on any atom is -0.465 e. The molecule has 4 aromatic rings. The van der Waals surface area contributed by atoms with E-state index < -0.39 is 6.09 Å². The molecule has 2 aromatic heterocycles. The number of hydrogen-bond donors (Lipinski definition) is 3. The molecule has 0 saturated heterocycles. The number of amides is 1. The van der Waals surface area contributed by atoms with Gasteiger partial charge in [-0.15, -0.1) is 10.2 Å². The fourth-order valence-corrected chi connectivity index (χ4v) is 3.75. The van der Waals surface area contributed by atoms with E-state index in [1.807, 2.05) is 24.3 Å². The number of anilines is 1. The molecule has 0 radical (unpaired) electrons. The van der Waals surface area contributed by atoms with E-state index in [0.29, 0.717) is 17.1 Å². The van der Waals surface area contributed by atoms with E-state index in [1.165, 1.54) is 5.56 Å². The summed E-state index contributed by atoms with van der Waals surface area (Å²) in [6.07, 6.45) is 0.877. The lowest BCUT2D eigenvalue weighted by atomic mass is 9.93. The lowest BCUT2D eigenvalue weighted by molar-refractivity contribution is 0.209. The molecule has 9 nitrogen and oxygen atoms in total. The third-order valence-corrected chi connectivity index (χ3v) is 5.54. The number of hydrogen-bond acceptors (Lipinski definition) is 6. The lowest BCUT2D eigenvalue weighted by Gasteiger charge is -2.12. The van der Waals surface area contributed by atoms with Crippen LogP contribution >= 0.6 is 0 Å². The quantitative estimate of drug-likeness (QED) is 0.460. The summed E-state index contributed by atoms with van der Waals surface area (Å²) in [6.45, 7) is 1.69. The minimum atomic E-state index is -1.16. The van der Waals surface area contributed by atoms with Crippen molar-refractivity contribution in [3.8, 4) is 22.5 Å². The number of H-pyrrole nitrogens is 1. The molecule has 1 fully saturated rings. The summed E-state index contributed by atoms with van der Waals surface area (Å²) in [5.41, 5.74) is 4.77. The van der Waals surface area contributed by atoms with Crippen LogP contribution < -0.4 is 5.32 Å². The number of carbonyl (C=O) groups is 1. The van der Waals surface area contributed by atoms with Gasteiger partial charge >= 0.3 is 6.09 Å². The average molecular weight is 402 g/mol. The van der Waals surface area contributed by atoms with Crippen molar-refractivity contribution in [1.82, 2.24) is 25.8 Å². The second kappa shape index (κ2) is 6.80. The van der Waals surface area contributed by atoms with Crippen LogP contribution in [-0.2, 0) is 5.41 Å². The van der Waals surface area contributed by atoms with Gasteiger partial charge in [-0.2, -0.15) is 5.21 Å². The molecule has 5 rings (SSSR count). The van der Waals surface area contributed by atoms with Gasteiger partial charge in [0.05, 0.1) is 5.41 Å². The van der Waals surface area contributed by atoms with Gasteiger partial charge in [-0.1, -0.05) is 58.9 Å². The number of carboxylic acid groups (broad SMARTS) is 1. The molecule has 0 unspecified atom stereocenters. The zero-order chi connectivity index (χ0) is 20.7. The normalized spacial score (nSPS) is 14.4. The Labute approximate surface area is 171 Å². The average Bonchev–Trinajstić information content (AvgIpc) is 3.21. The van der Waals surface area contributed by atoms with E-state index in [9.17, 15) is 4.79 Å². The third kappa shape index (κ3) is 3.00. The van der Waals surface area contributed by atoms with Crippen LogP contribution in [0, 0.1) is 6.92 Å². The SMILES string of the molecule is Cc1noc(-c2ccc(-c3ccc(C4(c5nn[nH]n5)CC4)cc3)cc2)c1NC(=O)O. The van der Waals surface area contributed by atoms with Gasteiger partial charge in [0.2, 0.25) is 0 Å². The fourth-order valence-electron chi connectivity index (χ4n) is 3.75. The topological polar surface area (TPSA) is 130 Å². The largest absolute Gasteiger partial charge is 0.465 e. The van der Waals surface area contributed by atoms with Crippen LogP contribution in [0.4, 0.5) is 10.5 Å². The molecule has 2 heterocycles. The number of rotatable bonds is 5. The smallest absolute Gasteiger partial charge is 0.409 e. The van der Waals surface area contributed by atoms with Gasteiger partial charge in [-0.25, -0.2) is 4.79 Å². The molecular weight excluding hydrogens is 384 g/mol. The van der Waals surface area contributed by atoms with Crippen LogP contribution in [0.5, 0.6) is 0 Å². The third-order valence-electron chi connectivity index (χ3n) is 5.54. The Morgan fingerprint density at radius 2 is 1.70 bits per heavy atom. The maximum Gasteiger partial charge on any atom is 0.409 e. The number of nitrogens with zero attached hydrogens (tertiary/aromatic N) is 4. The van der Waals surface area contributed by atoms with Crippen LogP contribution in [0.1, 0.15) is 29.9 Å². The molecule has 0 aliphatic heterocycles. The number of nitrogens with one attached hydrogen (secondary N) is 2. The number of aromatic amines is 1. The molecule has 1 saturated carbocycles. The monoisotopic (exact) mass is 402 g/mol. The second-order valence-corrected chi connectivity index (χ2v) is 7.37. The van der Waals surface area contributed by atoms with Gasteiger partial charge in [0.25, 0.3) is 0 Å². The number of benzene rings is 2.